The Labute approximate surface area is 113 Å². The van der Waals surface area contributed by atoms with Crippen LogP contribution in [-0.4, -0.2) is 0 Å². The number of hydrogen-bond acceptors (Lipinski definition) is 0. The molecular formula is C17H20F2. The number of fused-ring (bicyclic) bond motifs is 1. The predicted molar refractivity (Wildman–Crippen MR) is 76.4 cm³/mol. The summed E-state index contributed by atoms with van der Waals surface area (Å²) >= 11 is 0. The zero-order valence-electron chi connectivity index (χ0n) is 11.6. The molecule has 0 amide bonds. The Morgan fingerprint density at radius 1 is 0.947 bits per heavy atom. The molecule has 0 aliphatic carbocycles. The van der Waals surface area contributed by atoms with Crippen molar-refractivity contribution in [3.63, 3.8) is 0 Å². The second-order valence-electron chi connectivity index (χ2n) is 5.18. The van der Waals surface area contributed by atoms with E-state index in [0.29, 0.717) is 16.3 Å². The highest BCUT2D eigenvalue weighted by molar-refractivity contribution is 5.85. The van der Waals surface area contributed by atoms with E-state index < -0.39 is 0 Å². The summed E-state index contributed by atoms with van der Waals surface area (Å²) in [5, 5.41) is 0.783. The fourth-order valence-electron chi connectivity index (χ4n) is 2.44. The summed E-state index contributed by atoms with van der Waals surface area (Å²) in [6.45, 7) is 3.77. The minimum atomic E-state index is -0.329. The van der Waals surface area contributed by atoms with Gasteiger partial charge in [-0.15, -0.1) is 0 Å². The molecule has 2 aromatic carbocycles. The van der Waals surface area contributed by atoms with Crippen molar-refractivity contribution in [3.8, 4) is 0 Å². The van der Waals surface area contributed by atoms with Crippen molar-refractivity contribution < 1.29 is 8.78 Å². The molecule has 0 aromatic heterocycles. The van der Waals surface area contributed by atoms with Crippen LogP contribution in [0.4, 0.5) is 8.78 Å². The summed E-state index contributed by atoms with van der Waals surface area (Å²) in [5.74, 6) is -0.641. The number of aryl methyl sites for hydroxylation is 2. The van der Waals surface area contributed by atoms with Crippen LogP contribution >= 0.6 is 0 Å². The molecule has 0 radical (unpaired) electrons. The predicted octanol–water partition coefficient (Wildman–Crippen LogP) is 5.55. The molecule has 0 fully saturated rings. The molecule has 102 valence electrons. The highest BCUT2D eigenvalue weighted by atomic mass is 19.1. The van der Waals surface area contributed by atoms with Gasteiger partial charge in [0.1, 0.15) is 11.6 Å². The minimum absolute atomic E-state index is 0.311. The van der Waals surface area contributed by atoms with Gasteiger partial charge in [0.2, 0.25) is 0 Å². The number of benzene rings is 2. The van der Waals surface area contributed by atoms with Crippen LogP contribution < -0.4 is 0 Å². The molecule has 0 nitrogen and oxygen atoms in total. The molecule has 0 atom stereocenters. The third kappa shape index (κ3) is 3.12. The average Bonchev–Trinajstić information content (AvgIpc) is 2.41. The van der Waals surface area contributed by atoms with Crippen LogP contribution in [0.3, 0.4) is 0 Å². The van der Waals surface area contributed by atoms with E-state index in [2.05, 4.69) is 6.92 Å². The quantitative estimate of drug-likeness (QED) is 0.620. The maximum Gasteiger partial charge on any atom is 0.134 e. The average molecular weight is 262 g/mol. The molecule has 0 spiro atoms. The third-order valence-corrected chi connectivity index (χ3v) is 3.59. The molecule has 0 aliphatic rings. The van der Waals surface area contributed by atoms with Crippen LogP contribution in [0.5, 0.6) is 0 Å². The van der Waals surface area contributed by atoms with Crippen molar-refractivity contribution in [2.45, 2.75) is 46.0 Å². The smallest absolute Gasteiger partial charge is 0.134 e. The van der Waals surface area contributed by atoms with Crippen LogP contribution in [0.25, 0.3) is 10.8 Å². The monoisotopic (exact) mass is 262 g/mol. The SMILES string of the molecule is CCCCCCc1ccc2c(F)c(C)cc(F)c2c1. The fourth-order valence-corrected chi connectivity index (χ4v) is 2.44. The van der Waals surface area contributed by atoms with Crippen LogP contribution in [0.15, 0.2) is 24.3 Å². The second-order valence-corrected chi connectivity index (χ2v) is 5.18. The van der Waals surface area contributed by atoms with Gasteiger partial charge >= 0.3 is 0 Å². The summed E-state index contributed by atoms with van der Waals surface area (Å²) in [5.41, 5.74) is 1.45. The second kappa shape index (κ2) is 6.14. The van der Waals surface area contributed by atoms with Gasteiger partial charge in [-0.3, -0.25) is 0 Å². The third-order valence-electron chi connectivity index (χ3n) is 3.59. The molecule has 2 rings (SSSR count). The van der Waals surface area contributed by atoms with Crippen molar-refractivity contribution in [1.29, 1.82) is 0 Å². The van der Waals surface area contributed by atoms with Crippen molar-refractivity contribution >= 4 is 10.8 Å². The molecule has 19 heavy (non-hydrogen) atoms. The zero-order chi connectivity index (χ0) is 13.8. The van der Waals surface area contributed by atoms with E-state index in [9.17, 15) is 8.78 Å². The molecule has 0 N–H and O–H groups in total. The van der Waals surface area contributed by atoms with E-state index in [-0.39, 0.29) is 11.6 Å². The van der Waals surface area contributed by atoms with Gasteiger partial charge in [-0.2, -0.15) is 0 Å². The summed E-state index contributed by atoms with van der Waals surface area (Å²) in [6.07, 6.45) is 5.67. The first-order valence-corrected chi connectivity index (χ1v) is 7.00. The molecule has 0 aliphatic heterocycles. The van der Waals surface area contributed by atoms with E-state index in [0.717, 1.165) is 18.4 Å². The molecule has 0 saturated carbocycles. The van der Waals surface area contributed by atoms with Gasteiger partial charge in [-0.1, -0.05) is 38.3 Å². The molecular weight excluding hydrogens is 242 g/mol. The first kappa shape index (κ1) is 14.0. The number of rotatable bonds is 5. The lowest BCUT2D eigenvalue weighted by Crippen LogP contribution is -1.92. The molecule has 2 heteroatoms. The summed E-state index contributed by atoms with van der Waals surface area (Å²) < 4.78 is 27.8. The molecule has 2 aromatic rings. The Bertz CT molecular complexity index is 573. The van der Waals surface area contributed by atoms with Crippen LogP contribution in [0.2, 0.25) is 0 Å². The van der Waals surface area contributed by atoms with Gasteiger partial charge in [-0.25, -0.2) is 8.78 Å². The van der Waals surface area contributed by atoms with Gasteiger partial charge in [0, 0.05) is 10.8 Å². The van der Waals surface area contributed by atoms with E-state index in [4.69, 9.17) is 0 Å². The zero-order valence-corrected chi connectivity index (χ0v) is 11.6. The molecule has 0 heterocycles. The topological polar surface area (TPSA) is 0 Å². The van der Waals surface area contributed by atoms with Crippen molar-refractivity contribution in [2.24, 2.45) is 0 Å². The number of unbranched alkanes of at least 4 members (excludes halogenated alkanes) is 3. The lowest BCUT2D eigenvalue weighted by Gasteiger charge is -2.07. The highest BCUT2D eigenvalue weighted by Gasteiger charge is 2.10. The molecule has 0 bridgehead atoms. The fraction of sp³-hybridized carbons (Fsp3) is 0.412. The highest BCUT2D eigenvalue weighted by Crippen LogP contribution is 2.25. The Hall–Kier alpha value is -1.44. The Kier molecular flexibility index (Phi) is 4.52. The van der Waals surface area contributed by atoms with Gasteiger partial charge in [0.15, 0.2) is 0 Å². The van der Waals surface area contributed by atoms with Gasteiger partial charge in [0.05, 0.1) is 0 Å². The van der Waals surface area contributed by atoms with E-state index >= 15 is 0 Å². The van der Waals surface area contributed by atoms with Crippen LogP contribution in [0, 0.1) is 18.6 Å². The van der Waals surface area contributed by atoms with Crippen molar-refractivity contribution in [3.05, 3.63) is 47.0 Å². The summed E-state index contributed by atoms with van der Waals surface area (Å²) in [6, 6.07) is 6.68. The van der Waals surface area contributed by atoms with Crippen LogP contribution in [-0.2, 0) is 6.42 Å². The molecule has 0 saturated heterocycles. The minimum Gasteiger partial charge on any atom is -0.206 e. The van der Waals surface area contributed by atoms with Crippen molar-refractivity contribution in [2.75, 3.05) is 0 Å². The standard InChI is InChI=1S/C17H20F2/c1-3-4-5-6-7-13-8-9-14-15(11-13)16(18)10-12(2)17(14)19/h8-11H,3-7H2,1-2H3. The maximum absolute atomic E-state index is 13.9. The Morgan fingerprint density at radius 2 is 1.74 bits per heavy atom. The number of halogens is 2. The van der Waals surface area contributed by atoms with Crippen molar-refractivity contribution in [1.82, 2.24) is 0 Å². The maximum atomic E-state index is 13.9. The Balaban J connectivity index is 2.25. The van der Waals surface area contributed by atoms with E-state index in [1.54, 1.807) is 19.1 Å². The lowest BCUT2D eigenvalue weighted by atomic mass is 10.00. The summed E-state index contributed by atoms with van der Waals surface area (Å²) in [4.78, 5) is 0. The largest absolute Gasteiger partial charge is 0.206 e. The molecule has 0 unspecified atom stereocenters. The summed E-state index contributed by atoms with van der Waals surface area (Å²) in [7, 11) is 0. The normalized spacial score (nSPS) is 11.2. The van der Waals surface area contributed by atoms with Crippen LogP contribution in [0.1, 0.15) is 43.7 Å². The lowest BCUT2D eigenvalue weighted by molar-refractivity contribution is 0.609. The van der Waals surface area contributed by atoms with Gasteiger partial charge in [-0.05, 0) is 43.0 Å². The van der Waals surface area contributed by atoms with E-state index in [1.165, 1.54) is 25.3 Å². The number of hydrogen-bond donors (Lipinski definition) is 0. The van der Waals surface area contributed by atoms with Gasteiger partial charge in [0.25, 0.3) is 0 Å². The Morgan fingerprint density at radius 3 is 2.47 bits per heavy atom. The van der Waals surface area contributed by atoms with Gasteiger partial charge < -0.3 is 0 Å². The van der Waals surface area contributed by atoms with E-state index in [1.807, 2.05) is 6.07 Å². The first-order chi connectivity index (χ1) is 9.13. The first-order valence-electron chi connectivity index (χ1n) is 7.00.